The highest BCUT2D eigenvalue weighted by molar-refractivity contribution is 6.22. The van der Waals surface area contributed by atoms with Crippen LogP contribution in [0.15, 0.2) is 35.9 Å². The van der Waals surface area contributed by atoms with Crippen molar-refractivity contribution in [3.05, 3.63) is 41.5 Å². The van der Waals surface area contributed by atoms with Crippen molar-refractivity contribution in [1.82, 2.24) is 5.32 Å². The zero-order valence-electron chi connectivity index (χ0n) is 16.5. The van der Waals surface area contributed by atoms with Gasteiger partial charge in [-0.1, -0.05) is 24.1 Å². The Morgan fingerprint density at radius 3 is 2.66 bits per heavy atom. The normalized spacial score (nSPS) is 21.0. The summed E-state index contributed by atoms with van der Waals surface area (Å²) in [6.07, 6.45) is 5.34. The molecule has 7 nitrogen and oxygen atoms in total. The van der Waals surface area contributed by atoms with Crippen LogP contribution in [0.4, 0.5) is 5.69 Å². The zero-order chi connectivity index (χ0) is 21.0. The molecule has 3 amide bonds. The van der Waals surface area contributed by atoms with Gasteiger partial charge in [0.05, 0.1) is 17.5 Å². The van der Waals surface area contributed by atoms with Gasteiger partial charge < -0.3 is 10.4 Å². The average molecular weight is 398 g/mol. The standard InChI is InChI=1S/C22H26N2O5/c1-14-9-10-17-18(12-14)22(29)24(21(17)28)16-7-5-6-15(13-16)20(27)23-11-4-2-3-8-19(25)26/h5-7,9,13,17-18H,2-4,8,10-12H2,1H3,(H,23,27)(H,25,26)/t17-,18-/m1/s1. The number of aliphatic carboxylic acids is 1. The molecule has 1 saturated heterocycles. The van der Waals surface area contributed by atoms with Crippen LogP contribution in [0.5, 0.6) is 0 Å². The summed E-state index contributed by atoms with van der Waals surface area (Å²) >= 11 is 0. The topological polar surface area (TPSA) is 104 Å². The third kappa shape index (κ3) is 4.72. The highest BCUT2D eigenvalue weighted by Gasteiger charge is 2.48. The Morgan fingerprint density at radius 2 is 1.90 bits per heavy atom. The van der Waals surface area contributed by atoms with E-state index in [9.17, 15) is 19.2 Å². The number of rotatable bonds is 8. The van der Waals surface area contributed by atoms with Crippen LogP contribution in [-0.4, -0.2) is 35.3 Å². The van der Waals surface area contributed by atoms with Gasteiger partial charge in [-0.25, -0.2) is 0 Å². The molecule has 0 unspecified atom stereocenters. The summed E-state index contributed by atoms with van der Waals surface area (Å²) in [7, 11) is 0. The lowest BCUT2D eigenvalue weighted by atomic mass is 9.82. The molecule has 2 N–H and O–H groups in total. The van der Waals surface area contributed by atoms with Crippen molar-refractivity contribution >= 4 is 29.4 Å². The summed E-state index contributed by atoms with van der Waals surface area (Å²) in [6.45, 7) is 2.42. The fourth-order valence-corrected chi connectivity index (χ4v) is 3.96. The Balaban J connectivity index is 1.61. The Morgan fingerprint density at radius 1 is 1.14 bits per heavy atom. The number of hydrogen-bond donors (Lipinski definition) is 2. The van der Waals surface area contributed by atoms with Crippen LogP contribution in [0.2, 0.25) is 0 Å². The number of carbonyl (C=O) groups excluding carboxylic acids is 3. The zero-order valence-corrected chi connectivity index (χ0v) is 16.5. The number of nitrogens with one attached hydrogen (secondary N) is 1. The van der Waals surface area contributed by atoms with Gasteiger partial charge in [-0.3, -0.25) is 24.1 Å². The maximum atomic E-state index is 12.8. The van der Waals surface area contributed by atoms with Gasteiger partial charge in [0.2, 0.25) is 11.8 Å². The number of unbranched alkanes of at least 4 members (excludes halogenated alkanes) is 2. The van der Waals surface area contributed by atoms with Crippen LogP contribution in [0.3, 0.4) is 0 Å². The predicted octanol–water partition coefficient (Wildman–Crippen LogP) is 2.91. The summed E-state index contributed by atoms with van der Waals surface area (Å²) < 4.78 is 0. The van der Waals surface area contributed by atoms with E-state index in [1.807, 2.05) is 13.0 Å². The van der Waals surface area contributed by atoms with Gasteiger partial charge in [-0.05, 0) is 50.8 Å². The molecule has 1 fully saturated rings. The van der Waals surface area contributed by atoms with E-state index in [0.717, 1.165) is 12.0 Å². The molecule has 1 aliphatic heterocycles. The Labute approximate surface area is 169 Å². The molecule has 0 radical (unpaired) electrons. The molecular weight excluding hydrogens is 372 g/mol. The number of amides is 3. The number of imide groups is 1. The maximum absolute atomic E-state index is 12.8. The predicted molar refractivity (Wildman–Crippen MR) is 107 cm³/mol. The second-order valence-electron chi connectivity index (χ2n) is 7.73. The third-order valence-corrected chi connectivity index (χ3v) is 5.54. The first-order chi connectivity index (χ1) is 13.9. The van der Waals surface area contributed by atoms with Crippen LogP contribution in [0, 0.1) is 11.8 Å². The van der Waals surface area contributed by atoms with Crippen LogP contribution >= 0.6 is 0 Å². The highest BCUT2D eigenvalue weighted by Crippen LogP contribution is 2.39. The number of nitrogens with zero attached hydrogens (tertiary/aromatic N) is 1. The van der Waals surface area contributed by atoms with Crippen molar-refractivity contribution < 1.29 is 24.3 Å². The molecule has 2 atom stereocenters. The number of fused-ring (bicyclic) bond motifs is 1. The van der Waals surface area contributed by atoms with Crippen molar-refractivity contribution in [2.24, 2.45) is 11.8 Å². The van der Waals surface area contributed by atoms with E-state index in [-0.39, 0.29) is 36.0 Å². The fraction of sp³-hybridized carbons (Fsp3) is 0.455. The first-order valence-corrected chi connectivity index (χ1v) is 10.0. The van der Waals surface area contributed by atoms with Crippen LogP contribution in [-0.2, 0) is 14.4 Å². The van der Waals surface area contributed by atoms with Gasteiger partial charge in [-0.15, -0.1) is 0 Å². The smallest absolute Gasteiger partial charge is 0.303 e. The quantitative estimate of drug-likeness (QED) is 0.398. The number of anilines is 1. The van der Waals surface area contributed by atoms with Crippen LogP contribution in [0.1, 0.15) is 55.8 Å². The van der Waals surface area contributed by atoms with E-state index in [0.29, 0.717) is 43.5 Å². The van der Waals surface area contributed by atoms with Gasteiger partial charge in [0.25, 0.3) is 5.91 Å². The molecule has 7 heteroatoms. The van der Waals surface area contributed by atoms with Gasteiger partial charge in [0, 0.05) is 18.5 Å². The van der Waals surface area contributed by atoms with Gasteiger partial charge in [0.1, 0.15) is 0 Å². The van der Waals surface area contributed by atoms with Crippen molar-refractivity contribution in [3.63, 3.8) is 0 Å². The molecule has 29 heavy (non-hydrogen) atoms. The molecule has 0 bridgehead atoms. The number of allylic oxidation sites excluding steroid dienone is 2. The Kier molecular flexibility index (Phi) is 6.46. The second kappa shape index (κ2) is 9.03. The van der Waals surface area contributed by atoms with Gasteiger partial charge in [-0.2, -0.15) is 0 Å². The molecule has 1 aromatic rings. The maximum Gasteiger partial charge on any atom is 0.303 e. The lowest BCUT2D eigenvalue weighted by molar-refractivity contribution is -0.137. The van der Waals surface area contributed by atoms with Crippen molar-refractivity contribution in [1.29, 1.82) is 0 Å². The molecule has 0 saturated carbocycles. The number of carboxylic acids is 1. The van der Waals surface area contributed by atoms with Gasteiger partial charge >= 0.3 is 5.97 Å². The van der Waals surface area contributed by atoms with E-state index < -0.39 is 5.97 Å². The molecule has 1 heterocycles. The molecule has 0 spiro atoms. The number of carboxylic acid groups (broad SMARTS) is 1. The monoisotopic (exact) mass is 398 g/mol. The van der Waals surface area contributed by atoms with Gasteiger partial charge in [0.15, 0.2) is 0 Å². The van der Waals surface area contributed by atoms with E-state index in [1.165, 1.54) is 4.90 Å². The third-order valence-electron chi connectivity index (χ3n) is 5.54. The molecule has 1 aromatic carbocycles. The number of hydrogen-bond acceptors (Lipinski definition) is 4. The molecular formula is C22H26N2O5. The largest absolute Gasteiger partial charge is 0.481 e. The highest BCUT2D eigenvalue weighted by atomic mass is 16.4. The van der Waals surface area contributed by atoms with E-state index >= 15 is 0 Å². The Hall–Kier alpha value is -2.96. The summed E-state index contributed by atoms with van der Waals surface area (Å²) in [5.41, 5.74) is 1.95. The van der Waals surface area contributed by atoms with Crippen LogP contribution < -0.4 is 10.2 Å². The average Bonchev–Trinajstić information content (AvgIpc) is 2.94. The van der Waals surface area contributed by atoms with Crippen molar-refractivity contribution in [3.8, 4) is 0 Å². The fourth-order valence-electron chi connectivity index (χ4n) is 3.96. The van der Waals surface area contributed by atoms with Crippen molar-refractivity contribution in [2.75, 3.05) is 11.4 Å². The Bertz CT molecular complexity index is 861. The molecule has 154 valence electrons. The van der Waals surface area contributed by atoms with Crippen molar-refractivity contribution in [2.45, 2.75) is 45.4 Å². The molecule has 2 aliphatic rings. The van der Waals surface area contributed by atoms with E-state index in [4.69, 9.17) is 5.11 Å². The van der Waals surface area contributed by atoms with E-state index in [1.54, 1.807) is 24.3 Å². The molecule has 1 aliphatic carbocycles. The lowest BCUT2D eigenvalue weighted by Gasteiger charge is -2.18. The second-order valence-corrected chi connectivity index (χ2v) is 7.73. The minimum absolute atomic E-state index is 0.130. The lowest BCUT2D eigenvalue weighted by Crippen LogP contribution is -2.31. The molecule has 3 rings (SSSR count). The van der Waals surface area contributed by atoms with E-state index in [2.05, 4.69) is 5.32 Å². The summed E-state index contributed by atoms with van der Waals surface area (Å²) in [5, 5.41) is 11.4. The first-order valence-electron chi connectivity index (χ1n) is 10.0. The van der Waals surface area contributed by atoms with Crippen LogP contribution in [0.25, 0.3) is 0 Å². The first kappa shape index (κ1) is 20.8. The summed E-state index contributed by atoms with van der Waals surface area (Å²) in [6, 6.07) is 6.57. The minimum Gasteiger partial charge on any atom is -0.481 e. The molecule has 0 aromatic heterocycles. The number of carbonyl (C=O) groups is 4. The summed E-state index contributed by atoms with van der Waals surface area (Å²) in [5.74, 6) is -2.10. The summed E-state index contributed by atoms with van der Waals surface area (Å²) in [4.78, 5) is 49.7. The minimum atomic E-state index is -0.817. The number of benzene rings is 1. The SMILES string of the molecule is CC1=CC[C@H]2C(=O)N(c3cccc(C(=O)NCCCCCC(=O)O)c3)C(=O)[C@@H]2C1.